The molecule has 82 valence electrons. The van der Waals surface area contributed by atoms with Gasteiger partial charge in [0.15, 0.2) is 0 Å². The number of nitrogens with zero attached hydrogens (tertiary/aromatic N) is 1. The molecule has 1 aromatic heterocycles. The maximum atomic E-state index is 13.5. The first-order chi connectivity index (χ1) is 7.68. The Morgan fingerprint density at radius 3 is 2.44 bits per heavy atom. The predicted octanol–water partition coefficient (Wildman–Crippen LogP) is 3.68. The number of pyridine rings is 1. The second kappa shape index (κ2) is 4.44. The average molecular weight is 215 g/mol. The summed E-state index contributed by atoms with van der Waals surface area (Å²) in [6.45, 7) is 4.01. The van der Waals surface area contributed by atoms with Crippen LogP contribution in [0.25, 0.3) is 0 Å². The van der Waals surface area contributed by atoms with Crippen molar-refractivity contribution in [2.75, 3.05) is 0 Å². The highest BCUT2D eigenvalue weighted by atomic mass is 19.1. The zero-order chi connectivity index (χ0) is 11.5. The van der Waals surface area contributed by atoms with Gasteiger partial charge in [-0.1, -0.05) is 36.8 Å². The molecule has 0 amide bonds. The number of hydrogen-bond donors (Lipinski definition) is 0. The molecule has 0 aliphatic carbocycles. The summed E-state index contributed by atoms with van der Waals surface area (Å²) in [6, 6.07) is 11.2. The number of hydrogen-bond acceptors (Lipinski definition) is 1. The van der Waals surface area contributed by atoms with Crippen molar-refractivity contribution in [3.8, 4) is 0 Å². The Bertz CT molecular complexity index is 476. The molecule has 2 rings (SSSR count). The van der Waals surface area contributed by atoms with E-state index in [2.05, 4.69) is 4.98 Å². The van der Waals surface area contributed by atoms with Gasteiger partial charge in [0.25, 0.3) is 0 Å². The highest BCUT2D eigenvalue weighted by Gasteiger charge is 2.13. The SMILES string of the molecule is Cc1ccc(C(C)c2ncccc2F)cc1. The fraction of sp³-hybridized carbons (Fsp3) is 0.214. The van der Waals surface area contributed by atoms with E-state index in [9.17, 15) is 4.39 Å². The van der Waals surface area contributed by atoms with Crippen LogP contribution in [-0.4, -0.2) is 4.98 Å². The first kappa shape index (κ1) is 10.8. The van der Waals surface area contributed by atoms with Gasteiger partial charge in [0, 0.05) is 12.1 Å². The lowest BCUT2D eigenvalue weighted by atomic mass is 9.96. The van der Waals surface area contributed by atoms with Crippen LogP contribution in [0.4, 0.5) is 4.39 Å². The summed E-state index contributed by atoms with van der Waals surface area (Å²) < 4.78 is 13.5. The number of aryl methyl sites for hydroxylation is 1. The van der Waals surface area contributed by atoms with Crippen LogP contribution in [0.15, 0.2) is 42.6 Å². The number of benzene rings is 1. The molecule has 0 N–H and O–H groups in total. The Kier molecular flexibility index (Phi) is 3.00. The summed E-state index contributed by atoms with van der Waals surface area (Å²) in [7, 11) is 0. The highest BCUT2D eigenvalue weighted by molar-refractivity contribution is 5.30. The molecule has 16 heavy (non-hydrogen) atoms. The molecule has 0 bridgehead atoms. The molecule has 2 heteroatoms. The van der Waals surface area contributed by atoms with E-state index in [0.717, 1.165) is 5.56 Å². The van der Waals surface area contributed by atoms with Gasteiger partial charge >= 0.3 is 0 Å². The third-order valence-electron chi connectivity index (χ3n) is 2.77. The van der Waals surface area contributed by atoms with Crippen LogP contribution in [0.2, 0.25) is 0 Å². The van der Waals surface area contributed by atoms with Crippen LogP contribution < -0.4 is 0 Å². The largest absolute Gasteiger partial charge is 0.258 e. The molecule has 0 saturated carbocycles. The normalized spacial score (nSPS) is 12.4. The molecule has 1 atom stereocenters. The molecule has 0 aliphatic heterocycles. The van der Waals surface area contributed by atoms with E-state index in [-0.39, 0.29) is 11.7 Å². The smallest absolute Gasteiger partial charge is 0.145 e. The van der Waals surface area contributed by atoms with Crippen molar-refractivity contribution < 1.29 is 4.39 Å². The van der Waals surface area contributed by atoms with E-state index in [1.807, 2.05) is 38.1 Å². The fourth-order valence-electron chi connectivity index (χ4n) is 1.73. The van der Waals surface area contributed by atoms with Crippen molar-refractivity contribution in [2.45, 2.75) is 19.8 Å². The molecule has 0 saturated heterocycles. The van der Waals surface area contributed by atoms with Crippen LogP contribution in [0.5, 0.6) is 0 Å². The zero-order valence-corrected chi connectivity index (χ0v) is 9.44. The molecule has 1 nitrogen and oxygen atoms in total. The summed E-state index contributed by atoms with van der Waals surface area (Å²) in [5, 5.41) is 0. The van der Waals surface area contributed by atoms with E-state index in [4.69, 9.17) is 0 Å². The molecule has 0 radical (unpaired) electrons. The van der Waals surface area contributed by atoms with E-state index in [1.165, 1.54) is 11.6 Å². The Morgan fingerprint density at radius 1 is 1.12 bits per heavy atom. The number of aromatic nitrogens is 1. The van der Waals surface area contributed by atoms with Crippen LogP contribution in [0.1, 0.15) is 29.7 Å². The van der Waals surface area contributed by atoms with Gasteiger partial charge in [-0.15, -0.1) is 0 Å². The minimum absolute atomic E-state index is 0.0122. The van der Waals surface area contributed by atoms with Crippen LogP contribution in [0, 0.1) is 12.7 Å². The third-order valence-corrected chi connectivity index (χ3v) is 2.77. The predicted molar refractivity (Wildman–Crippen MR) is 62.9 cm³/mol. The van der Waals surface area contributed by atoms with Crippen molar-refractivity contribution >= 4 is 0 Å². The quantitative estimate of drug-likeness (QED) is 0.744. The summed E-state index contributed by atoms with van der Waals surface area (Å²) in [4.78, 5) is 4.10. The minimum atomic E-state index is -0.240. The number of halogens is 1. The van der Waals surface area contributed by atoms with Crippen molar-refractivity contribution in [1.29, 1.82) is 0 Å². The van der Waals surface area contributed by atoms with Gasteiger partial charge in [-0.25, -0.2) is 4.39 Å². The van der Waals surface area contributed by atoms with Gasteiger partial charge in [-0.05, 0) is 24.6 Å². The van der Waals surface area contributed by atoms with Crippen LogP contribution in [-0.2, 0) is 0 Å². The summed E-state index contributed by atoms with van der Waals surface area (Å²) >= 11 is 0. The Morgan fingerprint density at radius 2 is 1.81 bits per heavy atom. The second-order valence-corrected chi connectivity index (χ2v) is 4.00. The maximum absolute atomic E-state index is 13.5. The minimum Gasteiger partial charge on any atom is -0.258 e. The molecule has 0 aliphatic rings. The number of rotatable bonds is 2. The summed E-state index contributed by atoms with van der Waals surface area (Å²) in [5.74, 6) is -0.252. The van der Waals surface area contributed by atoms with Gasteiger partial charge < -0.3 is 0 Å². The Balaban J connectivity index is 2.35. The van der Waals surface area contributed by atoms with Gasteiger partial charge in [0.2, 0.25) is 0 Å². The fourth-order valence-corrected chi connectivity index (χ4v) is 1.73. The lowest BCUT2D eigenvalue weighted by Gasteiger charge is -2.12. The molecule has 0 fully saturated rings. The molecule has 1 unspecified atom stereocenters. The maximum Gasteiger partial charge on any atom is 0.145 e. The topological polar surface area (TPSA) is 12.9 Å². The summed E-state index contributed by atoms with van der Waals surface area (Å²) in [6.07, 6.45) is 1.63. The highest BCUT2D eigenvalue weighted by Crippen LogP contribution is 2.24. The van der Waals surface area contributed by atoms with E-state index in [1.54, 1.807) is 12.3 Å². The molecular weight excluding hydrogens is 201 g/mol. The first-order valence-corrected chi connectivity index (χ1v) is 5.35. The van der Waals surface area contributed by atoms with Gasteiger partial charge in [-0.3, -0.25) is 4.98 Å². The monoisotopic (exact) mass is 215 g/mol. The van der Waals surface area contributed by atoms with E-state index >= 15 is 0 Å². The first-order valence-electron chi connectivity index (χ1n) is 5.35. The van der Waals surface area contributed by atoms with Gasteiger partial charge in [0.05, 0.1) is 5.69 Å². The Hall–Kier alpha value is -1.70. The van der Waals surface area contributed by atoms with Crippen LogP contribution >= 0.6 is 0 Å². The second-order valence-electron chi connectivity index (χ2n) is 4.00. The lowest BCUT2D eigenvalue weighted by molar-refractivity contribution is 0.590. The van der Waals surface area contributed by atoms with Gasteiger partial charge in [0.1, 0.15) is 5.82 Å². The lowest BCUT2D eigenvalue weighted by Crippen LogP contribution is -2.02. The van der Waals surface area contributed by atoms with Crippen molar-refractivity contribution in [1.82, 2.24) is 4.98 Å². The average Bonchev–Trinajstić information content (AvgIpc) is 2.30. The zero-order valence-electron chi connectivity index (χ0n) is 9.44. The molecule has 1 aromatic carbocycles. The van der Waals surface area contributed by atoms with Crippen LogP contribution in [0.3, 0.4) is 0 Å². The summed E-state index contributed by atoms with van der Waals surface area (Å²) in [5.41, 5.74) is 2.80. The molecule has 1 heterocycles. The third kappa shape index (κ3) is 2.11. The van der Waals surface area contributed by atoms with Crippen molar-refractivity contribution in [2.24, 2.45) is 0 Å². The standard InChI is InChI=1S/C14H14FN/c1-10-5-7-12(8-6-10)11(2)14-13(15)4-3-9-16-14/h3-9,11H,1-2H3. The van der Waals surface area contributed by atoms with E-state index < -0.39 is 0 Å². The van der Waals surface area contributed by atoms with Crippen molar-refractivity contribution in [3.63, 3.8) is 0 Å². The molecule has 2 aromatic rings. The van der Waals surface area contributed by atoms with Crippen molar-refractivity contribution in [3.05, 3.63) is 65.2 Å². The van der Waals surface area contributed by atoms with Gasteiger partial charge in [-0.2, -0.15) is 0 Å². The van der Waals surface area contributed by atoms with E-state index in [0.29, 0.717) is 5.69 Å². The Labute approximate surface area is 95.0 Å². The molecular formula is C14H14FN. The molecule has 0 spiro atoms.